The van der Waals surface area contributed by atoms with Crippen LogP contribution in [-0.2, 0) is 11.3 Å². The van der Waals surface area contributed by atoms with Crippen molar-refractivity contribution in [1.29, 1.82) is 0 Å². The zero-order chi connectivity index (χ0) is 21.6. The fourth-order valence-electron chi connectivity index (χ4n) is 3.18. The average molecular weight is 455 g/mol. The third kappa shape index (κ3) is 5.71. The Morgan fingerprint density at radius 3 is 2.84 bits per heavy atom. The summed E-state index contributed by atoms with van der Waals surface area (Å²) in [6.07, 6.45) is 6.61. The zero-order valence-electron chi connectivity index (χ0n) is 17.2. The van der Waals surface area contributed by atoms with Crippen molar-refractivity contribution in [2.24, 2.45) is 0 Å². The highest BCUT2D eigenvalue weighted by molar-refractivity contribution is 7.99. The number of benzene rings is 2. The minimum absolute atomic E-state index is 0.0322. The maximum Gasteiger partial charge on any atom is 0.229 e. The van der Waals surface area contributed by atoms with E-state index >= 15 is 0 Å². The van der Waals surface area contributed by atoms with Gasteiger partial charge in [-0.2, -0.15) is 0 Å². The molecular weight excluding hydrogens is 431 g/mol. The number of imidazole rings is 1. The summed E-state index contributed by atoms with van der Waals surface area (Å²) in [7, 11) is 0. The van der Waals surface area contributed by atoms with Gasteiger partial charge in [0.05, 0.1) is 16.5 Å². The molecule has 160 valence electrons. The zero-order valence-corrected chi connectivity index (χ0v) is 18.8. The number of thioether (sulfide) groups is 1. The number of anilines is 1. The summed E-state index contributed by atoms with van der Waals surface area (Å²) in [6, 6.07) is 12.8. The molecule has 0 radical (unpaired) electrons. The quantitative estimate of drug-likeness (QED) is 0.311. The minimum Gasteiger partial charge on any atom is -0.337 e. The Bertz CT molecular complexity index is 1140. The Hall–Kier alpha value is -2.71. The monoisotopic (exact) mass is 454 g/mol. The first-order valence-corrected chi connectivity index (χ1v) is 11.9. The minimum atomic E-state index is -0.296. The van der Waals surface area contributed by atoms with Gasteiger partial charge in [-0.1, -0.05) is 29.0 Å². The van der Waals surface area contributed by atoms with Crippen molar-refractivity contribution in [3.05, 3.63) is 72.6 Å². The average Bonchev–Trinajstić information content (AvgIpc) is 3.42. The van der Waals surface area contributed by atoms with Crippen LogP contribution in [0.25, 0.3) is 10.2 Å². The number of carbonyl (C=O) groups excluding carboxylic acids is 1. The molecule has 2 aromatic carbocycles. The van der Waals surface area contributed by atoms with Crippen molar-refractivity contribution in [3.8, 4) is 0 Å². The molecule has 0 spiro atoms. The van der Waals surface area contributed by atoms with Crippen molar-refractivity contribution in [2.75, 3.05) is 17.2 Å². The highest BCUT2D eigenvalue weighted by Crippen LogP contribution is 2.30. The molecule has 8 heteroatoms. The van der Waals surface area contributed by atoms with Crippen LogP contribution in [0.15, 0.2) is 66.1 Å². The summed E-state index contributed by atoms with van der Waals surface area (Å²) >= 11 is 3.03. The first-order chi connectivity index (χ1) is 15.1. The number of nitrogens with zero attached hydrogens (tertiary/aromatic N) is 4. The van der Waals surface area contributed by atoms with Gasteiger partial charge in [0.25, 0.3) is 0 Å². The highest BCUT2D eigenvalue weighted by atomic mass is 32.2. The molecule has 5 nitrogen and oxygen atoms in total. The van der Waals surface area contributed by atoms with Crippen LogP contribution in [0.1, 0.15) is 18.4 Å². The number of fused-ring (bicyclic) bond motifs is 1. The number of halogens is 1. The number of thiazole rings is 1. The maximum atomic E-state index is 13.6. The third-order valence-corrected chi connectivity index (χ3v) is 6.89. The summed E-state index contributed by atoms with van der Waals surface area (Å²) in [4.78, 5) is 24.7. The molecule has 0 aliphatic carbocycles. The predicted molar refractivity (Wildman–Crippen MR) is 125 cm³/mol. The summed E-state index contributed by atoms with van der Waals surface area (Å²) in [5, 5.41) is 0.622. The Labute approximate surface area is 188 Å². The van der Waals surface area contributed by atoms with Gasteiger partial charge in [-0.3, -0.25) is 9.69 Å². The van der Waals surface area contributed by atoms with E-state index in [1.807, 2.05) is 10.8 Å². The van der Waals surface area contributed by atoms with Crippen molar-refractivity contribution in [3.63, 3.8) is 0 Å². The fraction of sp³-hybridized carbons (Fsp3) is 0.261. The van der Waals surface area contributed by atoms with Crippen LogP contribution in [-0.4, -0.2) is 32.7 Å². The molecule has 0 atom stereocenters. The van der Waals surface area contributed by atoms with Gasteiger partial charge in [-0.25, -0.2) is 14.4 Å². The lowest BCUT2D eigenvalue weighted by Gasteiger charge is -2.20. The summed E-state index contributed by atoms with van der Waals surface area (Å²) < 4.78 is 16.3. The van der Waals surface area contributed by atoms with E-state index in [1.165, 1.54) is 29.0 Å². The second-order valence-electron chi connectivity index (χ2n) is 7.22. The lowest BCUT2D eigenvalue weighted by Crippen LogP contribution is -2.32. The Kier molecular flexibility index (Phi) is 6.99. The van der Waals surface area contributed by atoms with Gasteiger partial charge in [0.15, 0.2) is 5.13 Å². The van der Waals surface area contributed by atoms with Crippen LogP contribution in [0.4, 0.5) is 9.52 Å². The summed E-state index contributed by atoms with van der Waals surface area (Å²) in [5.74, 6) is 0.430. The Balaban J connectivity index is 1.44. The van der Waals surface area contributed by atoms with Crippen LogP contribution >= 0.6 is 23.1 Å². The normalized spacial score (nSPS) is 11.2. The van der Waals surface area contributed by atoms with Crippen LogP contribution in [0, 0.1) is 12.7 Å². The van der Waals surface area contributed by atoms with Crippen LogP contribution in [0.5, 0.6) is 0 Å². The molecule has 0 bridgehead atoms. The van der Waals surface area contributed by atoms with Gasteiger partial charge in [0.2, 0.25) is 5.91 Å². The van der Waals surface area contributed by atoms with E-state index < -0.39 is 0 Å². The van der Waals surface area contributed by atoms with Gasteiger partial charge >= 0.3 is 0 Å². The van der Waals surface area contributed by atoms with E-state index in [4.69, 9.17) is 0 Å². The number of hydrogen-bond acceptors (Lipinski definition) is 5. The molecule has 1 amide bonds. The standard InChI is InChI=1S/C23H23FN4OS2/c1-17-3-6-19(7-4-17)30-14-9-22(29)28(12-2-11-27-13-10-25-16-27)23-26-20-8-5-18(24)15-21(20)31-23/h3-8,10,13,15-16H,2,9,11-12,14H2,1H3. The Morgan fingerprint density at radius 1 is 1.23 bits per heavy atom. The second-order valence-corrected chi connectivity index (χ2v) is 9.40. The predicted octanol–water partition coefficient (Wildman–Crippen LogP) is 5.55. The van der Waals surface area contributed by atoms with Gasteiger partial charge < -0.3 is 4.57 Å². The van der Waals surface area contributed by atoms with E-state index in [0.717, 1.165) is 22.6 Å². The van der Waals surface area contributed by atoms with E-state index in [9.17, 15) is 9.18 Å². The van der Waals surface area contributed by atoms with Crippen LogP contribution in [0.2, 0.25) is 0 Å². The number of rotatable bonds is 9. The molecule has 0 saturated heterocycles. The third-order valence-electron chi connectivity index (χ3n) is 4.83. The van der Waals surface area contributed by atoms with E-state index in [1.54, 1.807) is 35.3 Å². The molecular formula is C23H23FN4OS2. The van der Waals surface area contributed by atoms with Crippen molar-refractivity contribution in [1.82, 2.24) is 14.5 Å². The summed E-state index contributed by atoms with van der Waals surface area (Å²) in [6.45, 7) is 3.37. The van der Waals surface area contributed by atoms with Gasteiger partial charge in [-0.15, -0.1) is 11.8 Å². The van der Waals surface area contributed by atoms with Crippen molar-refractivity contribution < 1.29 is 9.18 Å². The lowest BCUT2D eigenvalue weighted by molar-refractivity contribution is -0.118. The molecule has 0 saturated carbocycles. The number of carbonyl (C=O) groups is 1. The molecule has 0 N–H and O–H groups in total. The van der Waals surface area contributed by atoms with E-state index in [-0.39, 0.29) is 11.7 Å². The van der Waals surface area contributed by atoms with Crippen LogP contribution in [0.3, 0.4) is 0 Å². The van der Waals surface area contributed by atoms with Crippen LogP contribution < -0.4 is 4.90 Å². The number of aromatic nitrogens is 3. The van der Waals surface area contributed by atoms with E-state index in [2.05, 4.69) is 41.2 Å². The molecule has 0 aliphatic heterocycles. The second kappa shape index (κ2) is 10.1. The van der Waals surface area contributed by atoms with Crippen molar-refractivity contribution in [2.45, 2.75) is 31.2 Å². The molecule has 0 aliphatic rings. The summed E-state index contributed by atoms with van der Waals surface area (Å²) in [5.41, 5.74) is 1.93. The van der Waals surface area contributed by atoms with Gasteiger partial charge in [0, 0.05) is 42.6 Å². The molecule has 4 aromatic rings. The molecule has 0 fully saturated rings. The fourth-order valence-corrected chi connectivity index (χ4v) is 5.06. The topological polar surface area (TPSA) is 51.0 Å². The number of hydrogen-bond donors (Lipinski definition) is 0. The SMILES string of the molecule is Cc1ccc(SCCC(=O)N(CCCn2ccnc2)c2nc3ccc(F)cc3s2)cc1. The molecule has 4 rings (SSSR count). The first kappa shape index (κ1) is 21.5. The molecule has 31 heavy (non-hydrogen) atoms. The first-order valence-electron chi connectivity index (χ1n) is 10.1. The molecule has 2 heterocycles. The maximum absolute atomic E-state index is 13.6. The van der Waals surface area contributed by atoms with Gasteiger partial charge in [-0.05, 0) is 43.7 Å². The van der Waals surface area contributed by atoms with E-state index in [0.29, 0.717) is 29.4 Å². The molecule has 0 unspecified atom stereocenters. The van der Waals surface area contributed by atoms with Gasteiger partial charge in [0.1, 0.15) is 5.82 Å². The lowest BCUT2D eigenvalue weighted by atomic mass is 10.2. The largest absolute Gasteiger partial charge is 0.337 e. The highest BCUT2D eigenvalue weighted by Gasteiger charge is 2.19. The van der Waals surface area contributed by atoms with Crippen molar-refractivity contribution >= 4 is 44.4 Å². The number of aryl methyl sites for hydroxylation is 2. The Morgan fingerprint density at radius 2 is 2.06 bits per heavy atom. The number of amides is 1. The smallest absolute Gasteiger partial charge is 0.229 e. The molecule has 2 aromatic heterocycles.